The zero-order valence-electron chi connectivity index (χ0n) is 27.2. The normalized spacial score (nSPS) is 12.6. The first-order chi connectivity index (χ1) is 24.7. The van der Waals surface area contributed by atoms with Crippen LogP contribution in [0.25, 0.3) is 83.2 Å². The maximum atomic E-state index is 11.0. The first-order valence-electron chi connectivity index (χ1n) is 16.9. The van der Waals surface area contributed by atoms with Gasteiger partial charge >= 0.3 is 0 Å². The fraction of sp³-hybridized carbons (Fsp3) is 0.0667. The fourth-order valence-electron chi connectivity index (χ4n) is 8.25. The van der Waals surface area contributed by atoms with Gasteiger partial charge in [0.05, 0.1) is 50.5 Å². The molecule has 0 radical (unpaired) electrons. The van der Waals surface area contributed by atoms with Crippen molar-refractivity contribution in [1.29, 1.82) is 10.5 Å². The Morgan fingerprint density at radius 2 is 1.38 bits per heavy atom. The van der Waals surface area contributed by atoms with Crippen molar-refractivity contribution in [3.8, 4) is 34.6 Å². The predicted octanol–water partition coefficient (Wildman–Crippen LogP) is 11.3. The Kier molecular flexibility index (Phi) is 5.98. The Bertz CT molecular complexity index is 2970. The van der Waals surface area contributed by atoms with Crippen molar-refractivity contribution in [2.45, 2.75) is 19.8 Å². The fourth-order valence-corrected chi connectivity index (χ4v) is 8.25. The first-order valence-corrected chi connectivity index (χ1v) is 16.9. The molecule has 0 spiro atoms. The monoisotopic (exact) mass is 640 g/mol. The molecular weight excluding hydrogens is 613 g/mol. The third-order valence-electron chi connectivity index (χ3n) is 10.4. The van der Waals surface area contributed by atoms with E-state index >= 15 is 0 Å². The molecule has 234 valence electrons. The van der Waals surface area contributed by atoms with E-state index < -0.39 is 0 Å². The molecule has 9 aromatic rings. The summed E-state index contributed by atoms with van der Waals surface area (Å²) in [6.45, 7) is 1.97. The smallest absolute Gasteiger partial charge is 0.137 e. The lowest BCUT2D eigenvalue weighted by molar-refractivity contribution is 0.669. The Labute approximate surface area is 287 Å². The number of nitriles is 2. The molecule has 3 heterocycles. The van der Waals surface area contributed by atoms with E-state index in [-0.39, 0.29) is 0 Å². The molecule has 1 aliphatic carbocycles. The van der Waals surface area contributed by atoms with Crippen molar-refractivity contribution in [1.82, 2.24) is 9.13 Å². The van der Waals surface area contributed by atoms with Crippen LogP contribution in [-0.2, 0) is 6.42 Å². The van der Waals surface area contributed by atoms with E-state index in [0.717, 1.165) is 95.6 Å². The molecule has 0 unspecified atom stereocenters. The maximum Gasteiger partial charge on any atom is 0.137 e. The molecule has 0 fully saturated rings. The van der Waals surface area contributed by atoms with E-state index in [2.05, 4.69) is 94.1 Å². The predicted molar refractivity (Wildman–Crippen MR) is 202 cm³/mol. The van der Waals surface area contributed by atoms with Gasteiger partial charge in [0.1, 0.15) is 17.2 Å². The molecule has 0 N–H and O–H groups in total. The third kappa shape index (κ3) is 3.81. The van der Waals surface area contributed by atoms with Crippen LogP contribution in [0.3, 0.4) is 0 Å². The average Bonchev–Trinajstić information content (AvgIpc) is 3.82. The van der Waals surface area contributed by atoms with Crippen LogP contribution in [0.1, 0.15) is 34.4 Å². The molecular formula is C45H28N4O. The number of fused-ring (bicyclic) bond motifs is 10. The second kappa shape index (κ2) is 10.6. The largest absolute Gasteiger partial charge is 0.456 e. The van der Waals surface area contributed by atoms with E-state index in [0.29, 0.717) is 11.1 Å². The summed E-state index contributed by atoms with van der Waals surface area (Å²) in [7, 11) is 0. The number of para-hydroxylation sites is 3. The summed E-state index contributed by atoms with van der Waals surface area (Å²) in [6.07, 6.45) is 6.23. The average molecular weight is 641 g/mol. The zero-order chi connectivity index (χ0) is 33.5. The second-order valence-electron chi connectivity index (χ2n) is 13.0. The number of hydrogen-bond donors (Lipinski definition) is 0. The van der Waals surface area contributed by atoms with Crippen LogP contribution in [0.4, 0.5) is 0 Å². The number of aromatic nitrogens is 2. The van der Waals surface area contributed by atoms with Gasteiger partial charge in [0.2, 0.25) is 0 Å². The van der Waals surface area contributed by atoms with Gasteiger partial charge in [-0.15, -0.1) is 0 Å². The minimum Gasteiger partial charge on any atom is -0.456 e. The Morgan fingerprint density at radius 3 is 2.14 bits per heavy atom. The summed E-state index contributed by atoms with van der Waals surface area (Å²) in [5, 5.41) is 26.9. The van der Waals surface area contributed by atoms with E-state index in [1.54, 1.807) is 0 Å². The zero-order valence-corrected chi connectivity index (χ0v) is 27.2. The molecule has 3 aromatic heterocycles. The molecule has 10 rings (SSSR count). The highest BCUT2D eigenvalue weighted by Crippen LogP contribution is 2.45. The van der Waals surface area contributed by atoms with E-state index in [9.17, 15) is 10.5 Å². The van der Waals surface area contributed by atoms with Crippen LogP contribution in [0, 0.1) is 29.6 Å². The van der Waals surface area contributed by atoms with Crippen molar-refractivity contribution in [2.24, 2.45) is 0 Å². The number of allylic oxidation sites excluding steroid dienone is 1. The van der Waals surface area contributed by atoms with Crippen molar-refractivity contribution < 1.29 is 4.42 Å². The quantitative estimate of drug-likeness (QED) is 0.193. The first kappa shape index (κ1) is 28.2. The van der Waals surface area contributed by atoms with Crippen LogP contribution in [0.5, 0.6) is 0 Å². The van der Waals surface area contributed by atoms with Gasteiger partial charge in [0.15, 0.2) is 0 Å². The highest BCUT2D eigenvalue weighted by molar-refractivity contribution is 6.20. The maximum absolute atomic E-state index is 11.0. The van der Waals surface area contributed by atoms with Gasteiger partial charge in [-0.1, -0.05) is 78.9 Å². The topological polar surface area (TPSA) is 70.6 Å². The summed E-state index contributed by atoms with van der Waals surface area (Å²) in [6, 6.07) is 44.4. The molecule has 50 heavy (non-hydrogen) atoms. The summed E-state index contributed by atoms with van der Waals surface area (Å²) in [4.78, 5) is 0. The van der Waals surface area contributed by atoms with Crippen LogP contribution in [-0.4, -0.2) is 9.13 Å². The summed E-state index contributed by atoms with van der Waals surface area (Å²) in [5.74, 6) is 0. The minimum atomic E-state index is 0.577. The second-order valence-corrected chi connectivity index (χ2v) is 13.0. The highest BCUT2D eigenvalue weighted by Gasteiger charge is 2.26. The summed E-state index contributed by atoms with van der Waals surface area (Å²) in [5.41, 5.74) is 12.6. The molecule has 0 bridgehead atoms. The van der Waals surface area contributed by atoms with Gasteiger partial charge in [0.25, 0.3) is 0 Å². The third-order valence-corrected chi connectivity index (χ3v) is 10.4. The Morgan fingerprint density at radius 1 is 0.640 bits per heavy atom. The van der Waals surface area contributed by atoms with Gasteiger partial charge in [-0.25, -0.2) is 0 Å². The molecule has 0 aliphatic heterocycles. The number of furan rings is 1. The molecule has 6 aromatic carbocycles. The SMILES string of the molecule is Cc1cc(-c2cccc(-n3c4ccccc4c4ccccc43)c2C#N)c(-n2c3c(c4ccc5oc6ccccc6c5c42)C=CCC3)cc1C#N. The van der Waals surface area contributed by atoms with Crippen LogP contribution in [0.15, 0.2) is 126 Å². The van der Waals surface area contributed by atoms with Crippen molar-refractivity contribution >= 4 is 60.7 Å². The highest BCUT2D eigenvalue weighted by atomic mass is 16.3. The standard InChI is InChI=1S/C45H28N4O/c1-27-23-35(29-15-10-19-40(36(29)26-47)48-37-16-6-2-11-30(37)31-12-3-7-17-38(31)48)41(24-28(27)25-46)49-39-18-8-4-13-32(39)33-21-22-43-44(45(33)49)34-14-5-9-20-42(34)50-43/h2-7,9-17,19-24H,8,18H2,1H3. The van der Waals surface area contributed by atoms with Gasteiger partial charge in [0, 0.05) is 43.9 Å². The molecule has 5 heteroatoms. The van der Waals surface area contributed by atoms with E-state index in [4.69, 9.17) is 4.42 Å². The van der Waals surface area contributed by atoms with E-state index in [1.165, 1.54) is 11.3 Å². The van der Waals surface area contributed by atoms with Gasteiger partial charge in [-0.05, 0) is 73.9 Å². The number of hydrogen-bond acceptors (Lipinski definition) is 3. The molecule has 0 saturated carbocycles. The van der Waals surface area contributed by atoms with Crippen LogP contribution in [0.2, 0.25) is 0 Å². The Balaban J connectivity index is 1.34. The lowest BCUT2D eigenvalue weighted by atomic mass is 9.93. The van der Waals surface area contributed by atoms with Gasteiger partial charge in [-0.3, -0.25) is 0 Å². The molecule has 0 atom stereocenters. The number of rotatable bonds is 3. The molecule has 0 amide bonds. The molecule has 0 saturated heterocycles. The van der Waals surface area contributed by atoms with Gasteiger partial charge < -0.3 is 13.6 Å². The minimum absolute atomic E-state index is 0.577. The van der Waals surface area contributed by atoms with Crippen molar-refractivity contribution in [3.63, 3.8) is 0 Å². The number of nitrogens with zero attached hydrogens (tertiary/aromatic N) is 4. The van der Waals surface area contributed by atoms with E-state index in [1.807, 2.05) is 61.5 Å². The van der Waals surface area contributed by atoms with Crippen LogP contribution >= 0.6 is 0 Å². The van der Waals surface area contributed by atoms with Crippen molar-refractivity contribution in [3.05, 3.63) is 149 Å². The molecule has 1 aliphatic rings. The Hall–Kier alpha value is -6.82. The molecule has 5 nitrogen and oxygen atoms in total. The summed E-state index contributed by atoms with van der Waals surface area (Å²) < 4.78 is 11.0. The van der Waals surface area contributed by atoms with Crippen LogP contribution < -0.4 is 0 Å². The lowest BCUT2D eigenvalue weighted by Gasteiger charge is -2.20. The lowest BCUT2D eigenvalue weighted by Crippen LogP contribution is -2.07. The van der Waals surface area contributed by atoms with Gasteiger partial charge in [-0.2, -0.15) is 10.5 Å². The van der Waals surface area contributed by atoms with Crippen molar-refractivity contribution in [2.75, 3.05) is 0 Å². The summed E-state index contributed by atoms with van der Waals surface area (Å²) >= 11 is 0. The number of aryl methyl sites for hydroxylation is 1. The number of benzene rings is 6.